The zero-order valence-corrected chi connectivity index (χ0v) is 9.59. The average molecular weight is 224 g/mol. The molecule has 1 amide bonds. The molecule has 0 radical (unpaired) electrons. The van der Waals surface area contributed by atoms with Crippen LogP contribution in [-0.2, 0) is 4.79 Å². The number of anilines is 1. The van der Waals surface area contributed by atoms with Crippen molar-refractivity contribution >= 4 is 11.6 Å². The van der Waals surface area contributed by atoms with Crippen LogP contribution in [0, 0.1) is 5.82 Å². The highest BCUT2D eigenvalue weighted by Crippen LogP contribution is 2.12. The summed E-state index contributed by atoms with van der Waals surface area (Å²) in [6.45, 7) is 4.71. The van der Waals surface area contributed by atoms with Gasteiger partial charge in [-0.3, -0.25) is 4.79 Å². The van der Waals surface area contributed by atoms with Crippen LogP contribution in [0.3, 0.4) is 0 Å². The topological polar surface area (TPSA) is 41.1 Å². The first kappa shape index (κ1) is 12.6. The van der Waals surface area contributed by atoms with Crippen LogP contribution in [0.5, 0.6) is 0 Å². The zero-order valence-electron chi connectivity index (χ0n) is 9.59. The number of halogens is 1. The van der Waals surface area contributed by atoms with Crippen LogP contribution >= 0.6 is 0 Å². The third-order valence-electron chi connectivity index (χ3n) is 2.19. The molecule has 88 valence electrons. The number of para-hydroxylation sites is 1. The molecule has 0 aliphatic carbocycles. The Bertz CT molecular complexity index is 355. The van der Waals surface area contributed by atoms with Crippen molar-refractivity contribution in [3.63, 3.8) is 0 Å². The second-order valence-electron chi connectivity index (χ2n) is 3.69. The normalized spacial score (nSPS) is 12.2. The fraction of sp³-hybridized carbons (Fsp3) is 0.417. The highest BCUT2D eigenvalue weighted by atomic mass is 19.1. The van der Waals surface area contributed by atoms with Gasteiger partial charge in [0.05, 0.1) is 5.69 Å². The summed E-state index contributed by atoms with van der Waals surface area (Å²) >= 11 is 0. The number of hydrogen-bond acceptors (Lipinski definition) is 2. The number of carbonyl (C=O) groups is 1. The molecule has 2 N–H and O–H groups in total. The van der Waals surface area contributed by atoms with Crippen LogP contribution in [0.4, 0.5) is 10.1 Å². The van der Waals surface area contributed by atoms with Gasteiger partial charge in [0, 0.05) is 12.5 Å². The fourth-order valence-corrected chi connectivity index (χ4v) is 1.46. The Hall–Kier alpha value is -1.42. The third kappa shape index (κ3) is 3.98. The van der Waals surface area contributed by atoms with Gasteiger partial charge in [0.25, 0.3) is 0 Å². The number of hydrogen-bond donors (Lipinski definition) is 2. The molecule has 1 atom stereocenters. The van der Waals surface area contributed by atoms with Crippen molar-refractivity contribution in [3.8, 4) is 0 Å². The van der Waals surface area contributed by atoms with E-state index in [1.807, 2.05) is 13.8 Å². The van der Waals surface area contributed by atoms with Gasteiger partial charge in [0.15, 0.2) is 0 Å². The van der Waals surface area contributed by atoms with Crippen LogP contribution in [0.15, 0.2) is 24.3 Å². The number of rotatable bonds is 5. The van der Waals surface area contributed by atoms with Gasteiger partial charge in [-0.1, -0.05) is 19.1 Å². The highest BCUT2D eigenvalue weighted by Gasteiger charge is 2.09. The largest absolute Gasteiger partial charge is 0.324 e. The molecule has 1 aromatic rings. The van der Waals surface area contributed by atoms with E-state index in [2.05, 4.69) is 10.6 Å². The van der Waals surface area contributed by atoms with Crippen molar-refractivity contribution in [2.24, 2.45) is 0 Å². The van der Waals surface area contributed by atoms with Crippen molar-refractivity contribution in [3.05, 3.63) is 30.1 Å². The lowest BCUT2D eigenvalue weighted by Gasteiger charge is -2.12. The van der Waals surface area contributed by atoms with Crippen molar-refractivity contribution < 1.29 is 9.18 Å². The van der Waals surface area contributed by atoms with E-state index in [0.29, 0.717) is 6.42 Å². The van der Waals surface area contributed by atoms with Crippen molar-refractivity contribution in [1.29, 1.82) is 0 Å². The number of nitrogens with one attached hydrogen (secondary N) is 2. The molecule has 0 heterocycles. The maximum atomic E-state index is 13.2. The van der Waals surface area contributed by atoms with Gasteiger partial charge in [-0.05, 0) is 25.6 Å². The molecule has 0 aromatic heterocycles. The molecule has 1 aromatic carbocycles. The van der Waals surface area contributed by atoms with Gasteiger partial charge >= 0.3 is 0 Å². The summed E-state index contributed by atoms with van der Waals surface area (Å²) in [5, 5.41) is 5.67. The molecular weight excluding hydrogens is 207 g/mol. The molecule has 1 unspecified atom stereocenters. The quantitative estimate of drug-likeness (QED) is 0.804. The van der Waals surface area contributed by atoms with Crippen LogP contribution in [-0.4, -0.2) is 18.5 Å². The smallest absolute Gasteiger partial charge is 0.226 e. The third-order valence-corrected chi connectivity index (χ3v) is 2.19. The molecule has 3 nitrogen and oxygen atoms in total. The minimum Gasteiger partial charge on any atom is -0.324 e. The first-order chi connectivity index (χ1) is 7.63. The van der Waals surface area contributed by atoms with Gasteiger partial charge in [-0.15, -0.1) is 0 Å². The molecule has 0 aliphatic heterocycles. The van der Waals surface area contributed by atoms with E-state index in [9.17, 15) is 9.18 Å². The van der Waals surface area contributed by atoms with Crippen LogP contribution in [0.25, 0.3) is 0 Å². The van der Waals surface area contributed by atoms with Gasteiger partial charge in [-0.25, -0.2) is 4.39 Å². The Morgan fingerprint density at radius 1 is 1.44 bits per heavy atom. The number of amides is 1. The predicted octanol–water partition coefficient (Wildman–Crippen LogP) is 2.15. The maximum absolute atomic E-state index is 13.2. The lowest BCUT2D eigenvalue weighted by atomic mass is 10.2. The van der Waals surface area contributed by atoms with Crippen LogP contribution < -0.4 is 10.6 Å². The van der Waals surface area contributed by atoms with Gasteiger partial charge in [0.2, 0.25) is 5.91 Å². The first-order valence-corrected chi connectivity index (χ1v) is 5.41. The zero-order chi connectivity index (χ0) is 12.0. The summed E-state index contributed by atoms with van der Waals surface area (Å²) in [6, 6.07) is 6.24. The fourth-order valence-electron chi connectivity index (χ4n) is 1.46. The standard InChI is InChI=1S/C12H17FN2O/c1-3-14-9(2)8-12(16)15-11-7-5-4-6-10(11)13/h4-7,9,14H,3,8H2,1-2H3,(H,15,16). The summed E-state index contributed by atoms with van der Waals surface area (Å²) in [5.41, 5.74) is 0.233. The molecule has 0 bridgehead atoms. The lowest BCUT2D eigenvalue weighted by Crippen LogP contribution is -2.30. The van der Waals surface area contributed by atoms with Crippen LogP contribution in [0.1, 0.15) is 20.3 Å². The first-order valence-electron chi connectivity index (χ1n) is 5.41. The molecule has 4 heteroatoms. The van der Waals surface area contributed by atoms with E-state index >= 15 is 0 Å². The number of benzene rings is 1. The Labute approximate surface area is 95.0 Å². The van der Waals surface area contributed by atoms with E-state index in [1.54, 1.807) is 18.2 Å². The molecule has 0 fully saturated rings. The van der Waals surface area contributed by atoms with E-state index in [4.69, 9.17) is 0 Å². The van der Waals surface area contributed by atoms with Gasteiger partial charge in [0.1, 0.15) is 5.82 Å². The Kier molecular flexibility index (Phi) is 4.92. The average Bonchev–Trinajstić information content (AvgIpc) is 2.21. The van der Waals surface area contributed by atoms with E-state index in [1.165, 1.54) is 6.07 Å². The minimum absolute atomic E-state index is 0.0942. The summed E-state index contributed by atoms with van der Waals surface area (Å²) in [7, 11) is 0. The molecule has 16 heavy (non-hydrogen) atoms. The lowest BCUT2D eigenvalue weighted by molar-refractivity contribution is -0.116. The molecule has 1 rings (SSSR count). The summed E-state index contributed by atoms with van der Waals surface area (Å²) in [4.78, 5) is 11.5. The molecule has 0 saturated carbocycles. The Balaban J connectivity index is 2.49. The molecule has 0 saturated heterocycles. The monoisotopic (exact) mass is 224 g/mol. The maximum Gasteiger partial charge on any atom is 0.226 e. The summed E-state index contributed by atoms with van der Waals surface area (Å²) in [5.74, 6) is -0.592. The van der Waals surface area contributed by atoms with Gasteiger partial charge in [-0.2, -0.15) is 0 Å². The Morgan fingerprint density at radius 3 is 2.75 bits per heavy atom. The summed E-state index contributed by atoms with van der Waals surface area (Å²) in [6.07, 6.45) is 0.335. The van der Waals surface area contributed by atoms with Gasteiger partial charge < -0.3 is 10.6 Å². The van der Waals surface area contributed by atoms with Crippen molar-refractivity contribution in [1.82, 2.24) is 5.32 Å². The van der Waals surface area contributed by atoms with Crippen molar-refractivity contribution in [2.75, 3.05) is 11.9 Å². The Morgan fingerprint density at radius 2 is 2.12 bits per heavy atom. The minimum atomic E-state index is -0.410. The number of carbonyl (C=O) groups excluding carboxylic acids is 1. The SMILES string of the molecule is CCNC(C)CC(=O)Nc1ccccc1F. The summed E-state index contributed by atoms with van der Waals surface area (Å²) < 4.78 is 13.2. The van der Waals surface area contributed by atoms with E-state index in [0.717, 1.165) is 6.54 Å². The molecule has 0 aliphatic rings. The second kappa shape index (κ2) is 6.23. The van der Waals surface area contributed by atoms with Crippen LogP contribution in [0.2, 0.25) is 0 Å². The van der Waals surface area contributed by atoms with E-state index in [-0.39, 0.29) is 17.6 Å². The molecule has 0 spiro atoms. The predicted molar refractivity (Wildman–Crippen MR) is 62.8 cm³/mol. The highest BCUT2D eigenvalue weighted by molar-refractivity contribution is 5.91. The molecular formula is C12H17FN2O. The van der Waals surface area contributed by atoms with Crippen molar-refractivity contribution in [2.45, 2.75) is 26.3 Å². The second-order valence-corrected chi connectivity index (χ2v) is 3.69. The van der Waals surface area contributed by atoms with E-state index < -0.39 is 5.82 Å².